The van der Waals surface area contributed by atoms with Gasteiger partial charge in [0.2, 0.25) is 0 Å². The van der Waals surface area contributed by atoms with Gasteiger partial charge in [-0.3, -0.25) is 0 Å². The van der Waals surface area contributed by atoms with E-state index < -0.39 is 6.09 Å². The number of hydrogen-bond donors (Lipinski definition) is 1. The Labute approximate surface area is 87.4 Å². The summed E-state index contributed by atoms with van der Waals surface area (Å²) in [6.45, 7) is 4.22. The van der Waals surface area contributed by atoms with E-state index in [0.717, 1.165) is 32.4 Å². The van der Waals surface area contributed by atoms with E-state index in [4.69, 9.17) is 5.11 Å². The van der Waals surface area contributed by atoms with Gasteiger partial charge in [0.05, 0.1) is 19.6 Å². The monoisotopic (exact) mass is 250 g/mol. The van der Waals surface area contributed by atoms with E-state index >= 15 is 0 Å². The van der Waals surface area contributed by atoms with Crippen molar-refractivity contribution in [2.75, 3.05) is 19.6 Å². The van der Waals surface area contributed by atoms with Gasteiger partial charge in [0.25, 0.3) is 0 Å². The second-order valence-electron chi connectivity index (χ2n) is 3.72. The Morgan fingerprint density at radius 2 is 2.23 bits per heavy atom. The minimum atomic E-state index is -0.663. The van der Waals surface area contributed by atoms with E-state index in [1.54, 1.807) is 0 Å². The molecule has 0 spiro atoms. The highest BCUT2D eigenvalue weighted by atomic mass is 79.9. The number of carbonyl (C=O) groups is 1. The number of alkyl halides is 1. The molecule has 1 saturated heterocycles. The van der Waals surface area contributed by atoms with Crippen LogP contribution in [-0.2, 0) is 0 Å². The van der Waals surface area contributed by atoms with Gasteiger partial charge in [0.15, 0.2) is 0 Å². The topological polar surface area (TPSA) is 37.3 Å². The maximum Gasteiger partial charge on any atom is 0.513 e. The third-order valence-electron chi connectivity index (χ3n) is 2.98. The second kappa shape index (κ2) is 4.42. The highest BCUT2D eigenvalue weighted by Gasteiger charge is 2.36. The van der Waals surface area contributed by atoms with Crippen LogP contribution < -0.4 is 0 Å². The molecule has 1 aliphatic heterocycles. The smallest absolute Gasteiger partial charge is 0.435 e. The molecule has 4 heteroatoms. The summed E-state index contributed by atoms with van der Waals surface area (Å²) in [6.07, 6.45) is 2.42. The highest BCUT2D eigenvalue weighted by molar-refractivity contribution is 9.09. The molecule has 3 nitrogen and oxygen atoms in total. The van der Waals surface area contributed by atoms with E-state index in [-0.39, 0.29) is 4.48 Å². The van der Waals surface area contributed by atoms with Crippen molar-refractivity contribution in [3.05, 3.63) is 0 Å². The normalized spacial score (nSPS) is 35.4. The Kier molecular flexibility index (Phi) is 3.74. The van der Waals surface area contributed by atoms with Gasteiger partial charge in [0.1, 0.15) is 0 Å². The van der Waals surface area contributed by atoms with E-state index in [9.17, 15) is 4.79 Å². The molecule has 0 radical (unpaired) electrons. The van der Waals surface area contributed by atoms with Crippen LogP contribution in [0, 0.1) is 0 Å². The molecule has 1 aliphatic rings. The average Bonchev–Trinajstić information content (AvgIpc) is 2.28. The fourth-order valence-electron chi connectivity index (χ4n) is 1.90. The van der Waals surface area contributed by atoms with Gasteiger partial charge in [-0.25, -0.2) is 4.48 Å². The highest BCUT2D eigenvalue weighted by Crippen LogP contribution is 2.23. The molecule has 0 saturated carbocycles. The van der Waals surface area contributed by atoms with Crippen molar-refractivity contribution in [1.82, 2.24) is 0 Å². The van der Waals surface area contributed by atoms with Crippen molar-refractivity contribution >= 4 is 22.0 Å². The van der Waals surface area contributed by atoms with Crippen LogP contribution in [0.3, 0.4) is 0 Å². The minimum Gasteiger partial charge on any atom is -0.435 e. The molecule has 0 aromatic carbocycles. The van der Waals surface area contributed by atoms with E-state index in [0.29, 0.717) is 11.4 Å². The van der Waals surface area contributed by atoms with E-state index in [2.05, 4.69) is 15.9 Å². The van der Waals surface area contributed by atoms with Crippen LogP contribution in [-0.4, -0.2) is 40.1 Å². The summed E-state index contributed by atoms with van der Waals surface area (Å²) >= 11 is 3.57. The summed E-state index contributed by atoms with van der Waals surface area (Å²) in [5.41, 5.74) is 0. The number of rotatable bonds is 1. The third kappa shape index (κ3) is 2.44. The van der Waals surface area contributed by atoms with Crippen LogP contribution in [0.15, 0.2) is 0 Å². The zero-order valence-corrected chi connectivity index (χ0v) is 9.59. The SMILES string of the molecule is CC[N+]1(C(=O)O)CCCC(Br)CC1. The van der Waals surface area contributed by atoms with E-state index in [1.807, 2.05) is 6.92 Å². The molecule has 1 amide bonds. The zero-order valence-electron chi connectivity index (χ0n) is 8.00. The van der Waals surface area contributed by atoms with Crippen LogP contribution in [0.2, 0.25) is 0 Å². The summed E-state index contributed by atoms with van der Waals surface area (Å²) in [6, 6.07) is 0. The first kappa shape index (κ1) is 11.0. The lowest BCUT2D eigenvalue weighted by Crippen LogP contribution is -2.52. The average molecular weight is 251 g/mol. The second-order valence-corrected chi connectivity index (χ2v) is 5.01. The fraction of sp³-hybridized carbons (Fsp3) is 0.889. The number of nitrogens with zero attached hydrogens (tertiary/aromatic N) is 1. The summed E-state index contributed by atoms with van der Waals surface area (Å²) in [7, 11) is 0. The quantitative estimate of drug-likeness (QED) is 0.574. The van der Waals surface area contributed by atoms with Gasteiger partial charge < -0.3 is 5.11 Å². The van der Waals surface area contributed by atoms with Gasteiger partial charge in [-0.1, -0.05) is 15.9 Å². The first-order chi connectivity index (χ1) is 6.10. The Morgan fingerprint density at radius 3 is 2.77 bits per heavy atom. The third-order valence-corrected chi connectivity index (χ3v) is 3.90. The molecule has 0 bridgehead atoms. The molecule has 1 rings (SSSR count). The Balaban J connectivity index is 2.69. The largest absolute Gasteiger partial charge is 0.513 e. The summed E-state index contributed by atoms with van der Waals surface area (Å²) < 4.78 is 0.252. The predicted molar refractivity (Wildman–Crippen MR) is 55.1 cm³/mol. The number of hydrogen-bond acceptors (Lipinski definition) is 1. The van der Waals surface area contributed by atoms with Crippen LogP contribution in [0.25, 0.3) is 0 Å². The molecule has 2 unspecified atom stereocenters. The standard InChI is InChI=1S/C9H16BrNO2/c1-2-11(9(12)13)6-3-4-8(10)5-7-11/h8H,2-7H2,1H3/p+1. The van der Waals surface area contributed by atoms with Gasteiger partial charge in [-0.15, -0.1) is 0 Å². The summed E-state index contributed by atoms with van der Waals surface area (Å²) in [5.74, 6) is 0. The summed E-state index contributed by atoms with van der Waals surface area (Å²) in [4.78, 5) is 11.6. The van der Waals surface area contributed by atoms with Crippen LogP contribution in [0.1, 0.15) is 26.2 Å². The Bertz CT molecular complexity index is 198. The Hall–Kier alpha value is -0.0900. The van der Waals surface area contributed by atoms with Gasteiger partial charge >= 0.3 is 6.09 Å². The lowest BCUT2D eigenvalue weighted by Gasteiger charge is -2.29. The molecule has 13 heavy (non-hydrogen) atoms. The number of halogens is 1. The van der Waals surface area contributed by atoms with Gasteiger partial charge in [-0.2, -0.15) is 4.79 Å². The molecule has 0 aromatic heterocycles. The predicted octanol–water partition coefficient (Wildman–Crippen LogP) is 2.45. The van der Waals surface area contributed by atoms with Crippen molar-refractivity contribution in [2.24, 2.45) is 0 Å². The van der Waals surface area contributed by atoms with Gasteiger partial charge in [0, 0.05) is 11.2 Å². The van der Waals surface area contributed by atoms with E-state index in [1.165, 1.54) is 0 Å². The molecule has 1 heterocycles. The van der Waals surface area contributed by atoms with Crippen molar-refractivity contribution in [2.45, 2.75) is 31.0 Å². The van der Waals surface area contributed by atoms with Crippen molar-refractivity contribution in [3.63, 3.8) is 0 Å². The fourth-order valence-corrected chi connectivity index (χ4v) is 2.43. The van der Waals surface area contributed by atoms with Crippen LogP contribution in [0.4, 0.5) is 4.79 Å². The number of amides is 1. The first-order valence-electron chi connectivity index (χ1n) is 4.84. The zero-order chi connectivity index (χ0) is 9.90. The van der Waals surface area contributed by atoms with Crippen molar-refractivity contribution < 1.29 is 14.4 Å². The molecule has 2 atom stereocenters. The van der Waals surface area contributed by atoms with Crippen LogP contribution >= 0.6 is 15.9 Å². The molecular weight excluding hydrogens is 234 g/mol. The lowest BCUT2D eigenvalue weighted by molar-refractivity contribution is -0.854. The number of quaternary nitrogens is 1. The molecule has 76 valence electrons. The first-order valence-corrected chi connectivity index (χ1v) is 5.76. The number of carboxylic acid groups (broad SMARTS) is 1. The molecule has 0 aliphatic carbocycles. The number of likely N-dealkylation sites (tertiary alicyclic amines) is 1. The molecule has 0 aromatic rings. The minimum absolute atomic E-state index is 0.252. The van der Waals surface area contributed by atoms with Gasteiger partial charge in [-0.05, 0) is 19.8 Å². The Morgan fingerprint density at radius 1 is 1.54 bits per heavy atom. The van der Waals surface area contributed by atoms with Crippen molar-refractivity contribution in [3.8, 4) is 0 Å². The summed E-state index contributed by atoms with van der Waals surface area (Å²) in [5, 5.41) is 9.16. The molecule has 1 fully saturated rings. The molecular formula is C9H17BrNO2+. The maximum absolute atomic E-state index is 11.1. The van der Waals surface area contributed by atoms with Crippen LogP contribution in [0.5, 0.6) is 0 Å². The van der Waals surface area contributed by atoms with Crippen molar-refractivity contribution in [1.29, 1.82) is 0 Å². The lowest BCUT2D eigenvalue weighted by atomic mass is 10.2. The molecule has 1 N–H and O–H groups in total. The maximum atomic E-state index is 11.1.